The van der Waals surface area contributed by atoms with Gasteiger partial charge in [0.25, 0.3) is 0 Å². The number of hydrogen-bond acceptors (Lipinski definition) is 3. The summed E-state index contributed by atoms with van der Waals surface area (Å²) in [6, 6.07) is 10.1. The third-order valence-corrected chi connectivity index (χ3v) is 2.61. The van der Waals surface area contributed by atoms with E-state index in [4.69, 9.17) is 10.00 Å². The number of ether oxygens (including phenoxy) is 1. The van der Waals surface area contributed by atoms with Crippen molar-refractivity contribution in [1.29, 1.82) is 5.26 Å². The third-order valence-electron chi connectivity index (χ3n) is 2.61. The molecule has 1 aromatic carbocycles. The van der Waals surface area contributed by atoms with Gasteiger partial charge < -0.3 is 9.64 Å². The highest BCUT2D eigenvalue weighted by Crippen LogP contribution is 2.30. The normalized spacial score (nSPS) is 22.6. The first-order chi connectivity index (χ1) is 8.20. The van der Waals surface area contributed by atoms with E-state index in [0.29, 0.717) is 6.42 Å². The summed E-state index contributed by atoms with van der Waals surface area (Å²) in [7, 11) is 3.78. The summed E-state index contributed by atoms with van der Waals surface area (Å²) in [4.78, 5) is 6.12. The summed E-state index contributed by atoms with van der Waals surface area (Å²) >= 11 is 0. The van der Waals surface area contributed by atoms with Crippen LogP contribution in [0.4, 0.5) is 0 Å². The molecule has 4 nitrogen and oxygen atoms in total. The number of aliphatic imine (C=N–C) groups is 1. The molecule has 4 heteroatoms. The van der Waals surface area contributed by atoms with Gasteiger partial charge in [0.2, 0.25) is 6.23 Å². The maximum atomic E-state index is 9.13. The highest BCUT2D eigenvalue weighted by Gasteiger charge is 2.29. The molecule has 0 amide bonds. The second-order valence-corrected chi connectivity index (χ2v) is 4.28. The second kappa shape index (κ2) is 4.88. The lowest BCUT2D eigenvalue weighted by Gasteiger charge is -2.27. The van der Waals surface area contributed by atoms with Gasteiger partial charge in [0, 0.05) is 14.1 Å². The van der Waals surface area contributed by atoms with Gasteiger partial charge in [-0.15, -0.1) is 0 Å². The van der Waals surface area contributed by atoms with Crippen LogP contribution >= 0.6 is 0 Å². The number of nitriles is 1. The highest BCUT2D eigenvalue weighted by atomic mass is 16.5. The topological polar surface area (TPSA) is 48.6 Å². The average Bonchev–Trinajstić information content (AvgIpc) is 2.35. The van der Waals surface area contributed by atoms with Crippen molar-refractivity contribution < 1.29 is 4.74 Å². The molecule has 1 heterocycles. The minimum atomic E-state index is -0.405. The zero-order valence-corrected chi connectivity index (χ0v) is 10.00. The molecule has 0 aliphatic carbocycles. The Kier molecular flexibility index (Phi) is 3.29. The van der Waals surface area contributed by atoms with Gasteiger partial charge in [-0.2, -0.15) is 5.26 Å². The molecule has 1 aliphatic heterocycles. The van der Waals surface area contributed by atoms with Gasteiger partial charge in [-0.25, -0.2) is 4.99 Å². The predicted molar refractivity (Wildman–Crippen MR) is 65.8 cm³/mol. The molecular weight excluding hydrogens is 214 g/mol. The van der Waals surface area contributed by atoms with E-state index in [-0.39, 0.29) is 5.92 Å². The van der Waals surface area contributed by atoms with Crippen LogP contribution in [0.5, 0.6) is 5.75 Å². The van der Waals surface area contributed by atoms with Crippen LogP contribution in [0.1, 0.15) is 5.56 Å². The van der Waals surface area contributed by atoms with Crippen LogP contribution in [0.25, 0.3) is 0 Å². The summed E-state index contributed by atoms with van der Waals surface area (Å²) in [5, 5.41) is 9.13. The van der Waals surface area contributed by atoms with Gasteiger partial charge in [-0.3, -0.25) is 0 Å². The van der Waals surface area contributed by atoms with E-state index < -0.39 is 6.23 Å². The first-order valence-electron chi connectivity index (χ1n) is 5.54. The minimum absolute atomic E-state index is 0.221. The zero-order valence-electron chi connectivity index (χ0n) is 10.00. The monoisotopic (exact) mass is 229 g/mol. The summed E-state index contributed by atoms with van der Waals surface area (Å²) in [6.45, 7) is 0. The van der Waals surface area contributed by atoms with Crippen molar-refractivity contribution in [3.63, 3.8) is 0 Å². The zero-order chi connectivity index (χ0) is 12.3. The molecular formula is C13H15N3O. The predicted octanol–water partition coefficient (Wildman–Crippen LogP) is 1.68. The van der Waals surface area contributed by atoms with Crippen LogP contribution in [0.3, 0.4) is 0 Å². The molecule has 0 saturated carbocycles. The van der Waals surface area contributed by atoms with Crippen molar-refractivity contribution in [2.75, 3.05) is 14.1 Å². The van der Waals surface area contributed by atoms with Gasteiger partial charge in [-0.05, 0) is 18.1 Å². The lowest BCUT2D eigenvalue weighted by atomic mass is 9.96. The molecule has 0 spiro atoms. The smallest absolute Gasteiger partial charge is 0.207 e. The van der Waals surface area contributed by atoms with Crippen molar-refractivity contribution in [1.82, 2.24) is 4.90 Å². The van der Waals surface area contributed by atoms with E-state index in [2.05, 4.69) is 11.1 Å². The Balaban J connectivity index is 2.22. The Morgan fingerprint density at radius 2 is 2.24 bits per heavy atom. The summed E-state index contributed by atoms with van der Waals surface area (Å²) in [5.74, 6) is 0.612. The van der Waals surface area contributed by atoms with E-state index in [9.17, 15) is 0 Å². The molecule has 1 aliphatic rings. The van der Waals surface area contributed by atoms with E-state index in [1.807, 2.05) is 43.3 Å². The van der Waals surface area contributed by atoms with E-state index in [0.717, 1.165) is 11.3 Å². The van der Waals surface area contributed by atoms with E-state index >= 15 is 0 Å². The Morgan fingerprint density at radius 3 is 2.94 bits per heavy atom. The van der Waals surface area contributed by atoms with Crippen LogP contribution < -0.4 is 4.74 Å². The molecule has 0 aromatic heterocycles. The Hall–Kier alpha value is -2.02. The van der Waals surface area contributed by atoms with Gasteiger partial charge in [0.1, 0.15) is 11.7 Å². The van der Waals surface area contributed by atoms with E-state index in [1.54, 1.807) is 6.34 Å². The number of nitrogens with zero attached hydrogens (tertiary/aromatic N) is 3. The fourth-order valence-electron chi connectivity index (χ4n) is 1.78. The molecule has 0 radical (unpaired) electrons. The molecule has 88 valence electrons. The second-order valence-electron chi connectivity index (χ2n) is 4.28. The van der Waals surface area contributed by atoms with Gasteiger partial charge in [0.15, 0.2) is 0 Å². The first-order valence-corrected chi connectivity index (χ1v) is 5.54. The number of hydrogen-bond donors (Lipinski definition) is 0. The molecule has 0 N–H and O–H groups in total. The molecule has 2 unspecified atom stereocenters. The molecule has 2 atom stereocenters. The first kappa shape index (κ1) is 11.5. The standard InChI is InChI=1S/C13H15N3O/c1-16(2)9-15-13-11(8-14)7-10-5-3-4-6-12(10)17-13/h3-6,9,11,13H,7H2,1-2H3/b15-9-. The largest absolute Gasteiger partial charge is 0.467 e. The number of para-hydroxylation sites is 1. The van der Waals surface area contributed by atoms with Crippen molar-refractivity contribution in [3.05, 3.63) is 29.8 Å². The fourth-order valence-corrected chi connectivity index (χ4v) is 1.78. The van der Waals surface area contributed by atoms with Crippen molar-refractivity contribution in [2.45, 2.75) is 12.6 Å². The van der Waals surface area contributed by atoms with E-state index in [1.165, 1.54) is 0 Å². The summed E-state index contributed by atoms with van der Waals surface area (Å²) in [5.41, 5.74) is 1.08. The lowest BCUT2D eigenvalue weighted by Crippen LogP contribution is -2.31. The SMILES string of the molecule is CN(C)/C=N\C1Oc2ccccc2CC1C#N. The van der Waals surface area contributed by atoms with Crippen LogP contribution in [0.15, 0.2) is 29.3 Å². The molecule has 0 bridgehead atoms. The van der Waals surface area contributed by atoms with Crippen molar-refractivity contribution in [2.24, 2.45) is 10.9 Å². The Morgan fingerprint density at radius 1 is 1.47 bits per heavy atom. The molecule has 17 heavy (non-hydrogen) atoms. The number of rotatable bonds is 2. The molecule has 0 saturated heterocycles. The van der Waals surface area contributed by atoms with Crippen molar-refractivity contribution >= 4 is 6.34 Å². The van der Waals surface area contributed by atoms with Crippen LogP contribution in [0.2, 0.25) is 0 Å². The number of fused-ring (bicyclic) bond motifs is 1. The average molecular weight is 229 g/mol. The van der Waals surface area contributed by atoms with Gasteiger partial charge in [-0.1, -0.05) is 18.2 Å². The Bertz CT molecular complexity index is 462. The number of benzene rings is 1. The summed E-state index contributed by atoms with van der Waals surface area (Å²) in [6.07, 6.45) is 1.97. The van der Waals surface area contributed by atoms with Crippen LogP contribution in [0, 0.1) is 17.2 Å². The molecule has 0 fully saturated rings. The lowest BCUT2D eigenvalue weighted by molar-refractivity contribution is 0.148. The maximum absolute atomic E-state index is 9.13. The molecule has 1 aromatic rings. The third kappa shape index (κ3) is 2.56. The fraction of sp³-hybridized carbons (Fsp3) is 0.385. The van der Waals surface area contributed by atoms with Crippen molar-refractivity contribution in [3.8, 4) is 11.8 Å². The highest BCUT2D eigenvalue weighted by molar-refractivity contribution is 5.54. The summed E-state index contributed by atoms with van der Waals surface area (Å²) < 4.78 is 5.74. The van der Waals surface area contributed by atoms with Gasteiger partial charge >= 0.3 is 0 Å². The Labute approximate surface area is 101 Å². The van der Waals surface area contributed by atoms with Gasteiger partial charge in [0.05, 0.1) is 12.4 Å². The van der Waals surface area contributed by atoms with Crippen LogP contribution in [-0.2, 0) is 6.42 Å². The molecule has 2 rings (SSSR count). The minimum Gasteiger partial charge on any atom is -0.467 e. The quantitative estimate of drug-likeness (QED) is 0.572. The van der Waals surface area contributed by atoms with Crippen LogP contribution in [-0.4, -0.2) is 31.6 Å². The maximum Gasteiger partial charge on any atom is 0.207 e.